The predicted molar refractivity (Wildman–Crippen MR) is 84.0 cm³/mol. The van der Waals surface area contributed by atoms with Gasteiger partial charge in [0.05, 0.1) is 12.2 Å². The van der Waals surface area contributed by atoms with E-state index in [2.05, 4.69) is 53.0 Å². The van der Waals surface area contributed by atoms with Crippen molar-refractivity contribution in [1.29, 1.82) is 0 Å². The molecule has 5 rings (SSSR count). The van der Waals surface area contributed by atoms with Gasteiger partial charge in [-0.25, -0.2) is 0 Å². The number of hydrogen-bond donors (Lipinski definition) is 0. The van der Waals surface area contributed by atoms with E-state index in [1.54, 1.807) is 0 Å². The van der Waals surface area contributed by atoms with Crippen LogP contribution in [0.5, 0.6) is 0 Å². The van der Waals surface area contributed by atoms with Crippen LogP contribution in [0.2, 0.25) is 0 Å². The van der Waals surface area contributed by atoms with Gasteiger partial charge in [0.15, 0.2) is 5.82 Å². The Morgan fingerprint density at radius 2 is 2.09 bits per heavy atom. The summed E-state index contributed by atoms with van der Waals surface area (Å²) in [6.45, 7) is 5.74. The lowest BCUT2D eigenvalue weighted by molar-refractivity contribution is -0.0792. The van der Waals surface area contributed by atoms with E-state index in [9.17, 15) is 0 Å². The van der Waals surface area contributed by atoms with Crippen molar-refractivity contribution in [1.82, 2.24) is 24.9 Å². The first kappa shape index (κ1) is 14.3. The average Bonchev–Trinajstić information content (AvgIpc) is 2.93. The summed E-state index contributed by atoms with van der Waals surface area (Å²) in [5.74, 6) is 1.44. The molecule has 6 nitrogen and oxygen atoms in total. The van der Waals surface area contributed by atoms with Crippen molar-refractivity contribution >= 4 is 15.9 Å². The molecular formula is C15H18BrN5O. The number of rotatable bonds is 4. The van der Waals surface area contributed by atoms with Gasteiger partial charge in [0, 0.05) is 49.3 Å². The molecule has 2 bridgehead atoms. The Bertz CT molecular complexity index is 646. The molecule has 5 heterocycles. The zero-order valence-electron chi connectivity index (χ0n) is 12.4. The van der Waals surface area contributed by atoms with Crippen molar-refractivity contribution in [2.75, 3.05) is 13.1 Å². The van der Waals surface area contributed by atoms with Crippen LogP contribution in [0, 0.1) is 6.92 Å². The maximum absolute atomic E-state index is 5.06. The number of pyridine rings is 1. The molecule has 22 heavy (non-hydrogen) atoms. The van der Waals surface area contributed by atoms with Crippen LogP contribution in [0.4, 0.5) is 0 Å². The predicted octanol–water partition coefficient (Wildman–Crippen LogP) is 1.99. The molecule has 0 spiro atoms. The minimum atomic E-state index is 0.605. The van der Waals surface area contributed by atoms with Crippen LogP contribution in [0.3, 0.4) is 0 Å². The molecule has 0 amide bonds. The zero-order chi connectivity index (χ0) is 15.1. The van der Waals surface area contributed by atoms with Crippen molar-refractivity contribution in [3.8, 4) is 0 Å². The molecule has 2 unspecified atom stereocenters. The standard InChI is InChI=1S/C15H18BrN5O/c1-10-18-15(19-22-10)9-21-13-4-14(21)8-20(7-13)6-12-3-2-11(16)5-17-12/h2-3,5,13-14H,4,6-9H2,1H3. The van der Waals surface area contributed by atoms with Crippen molar-refractivity contribution in [2.24, 2.45) is 0 Å². The normalized spacial score (nSPS) is 25.2. The smallest absolute Gasteiger partial charge is 0.223 e. The largest absolute Gasteiger partial charge is 0.340 e. The Balaban J connectivity index is 1.35. The lowest BCUT2D eigenvalue weighted by atomic mass is 9.87. The molecule has 0 aliphatic carbocycles. The summed E-state index contributed by atoms with van der Waals surface area (Å²) in [4.78, 5) is 13.8. The molecule has 2 atom stereocenters. The van der Waals surface area contributed by atoms with Gasteiger partial charge in [0.2, 0.25) is 5.89 Å². The molecule has 3 saturated heterocycles. The minimum Gasteiger partial charge on any atom is -0.340 e. The van der Waals surface area contributed by atoms with Crippen molar-refractivity contribution in [3.05, 3.63) is 40.2 Å². The Morgan fingerprint density at radius 1 is 1.27 bits per heavy atom. The van der Waals surface area contributed by atoms with Crippen LogP contribution in [0.25, 0.3) is 0 Å². The van der Waals surface area contributed by atoms with E-state index in [0.717, 1.165) is 42.2 Å². The third kappa shape index (κ3) is 2.80. The van der Waals surface area contributed by atoms with Crippen LogP contribution in [-0.2, 0) is 13.1 Å². The topological polar surface area (TPSA) is 58.3 Å². The van der Waals surface area contributed by atoms with Crippen LogP contribution >= 0.6 is 15.9 Å². The number of fused-ring (bicyclic) bond motifs is 2. The molecule has 0 aromatic carbocycles. The summed E-state index contributed by atoms with van der Waals surface area (Å²) < 4.78 is 6.08. The van der Waals surface area contributed by atoms with E-state index < -0.39 is 0 Å². The number of hydrogen-bond acceptors (Lipinski definition) is 6. The summed E-state index contributed by atoms with van der Waals surface area (Å²) in [7, 11) is 0. The average molecular weight is 364 g/mol. The third-order valence-corrected chi connectivity index (χ3v) is 4.96. The molecule has 3 fully saturated rings. The Hall–Kier alpha value is -1.31. The number of aryl methyl sites for hydroxylation is 1. The highest BCUT2D eigenvalue weighted by Crippen LogP contribution is 2.33. The van der Waals surface area contributed by atoms with Gasteiger partial charge in [-0.15, -0.1) is 0 Å². The second kappa shape index (κ2) is 5.72. The maximum atomic E-state index is 5.06. The SMILES string of the molecule is Cc1nc(CN2C3CC2CN(Cc2ccc(Br)cn2)C3)no1. The molecule has 0 N–H and O–H groups in total. The monoisotopic (exact) mass is 363 g/mol. The highest BCUT2D eigenvalue weighted by Gasteiger charge is 2.44. The molecule has 7 heteroatoms. The molecule has 116 valence electrons. The lowest BCUT2D eigenvalue weighted by Gasteiger charge is -2.56. The maximum Gasteiger partial charge on any atom is 0.223 e. The van der Waals surface area contributed by atoms with Gasteiger partial charge < -0.3 is 4.52 Å². The quantitative estimate of drug-likeness (QED) is 0.827. The highest BCUT2D eigenvalue weighted by molar-refractivity contribution is 9.10. The van der Waals surface area contributed by atoms with Gasteiger partial charge in [-0.3, -0.25) is 14.8 Å². The van der Waals surface area contributed by atoms with Crippen molar-refractivity contribution in [2.45, 2.75) is 38.5 Å². The summed E-state index contributed by atoms with van der Waals surface area (Å²) in [5, 5.41) is 4.00. The van der Waals surface area contributed by atoms with Gasteiger partial charge in [-0.1, -0.05) is 5.16 Å². The molecule has 0 radical (unpaired) electrons. The van der Waals surface area contributed by atoms with Gasteiger partial charge in [-0.2, -0.15) is 4.98 Å². The van der Waals surface area contributed by atoms with Crippen LogP contribution in [0.15, 0.2) is 27.3 Å². The first-order valence-electron chi connectivity index (χ1n) is 7.55. The minimum absolute atomic E-state index is 0.605. The summed E-state index contributed by atoms with van der Waals surface area (Å²) in [6.07, 6.45) is 3.14. The fourth-order valence-electron chi connectivity index (χ4n) is 3.46. The van der Waals surface area contributed by atoms with E-state index in [0.29, 0.717) is 18.0 Å². The number of piperidine rings is 1. The number of piperazine rings is 1. The van der Waals surface area contributed by atoms with Gasteiger partial charge in [0.1, 0.15) is 0 Å². The first-order chi connectivity index (χ1) is 10.7. The Kier molecular flexibility index (Phi) is 3.71. The van der Waals surface area contributed by atoms with Gasteiger partial charge in [0.25, 0.3) is 0 Å². The summed E-state index contributed by atoms with van der Waals surface area (Å²) in [5.41, 5.74) is 1.13. The second-order valence-electron chi connectivity index (χ2n) is 6.11. The second-order valence-corrected chi connectivity index (χ2v) is 7.02. The Labute approximate surface area is 137 Å². The van der Waals surface area contributed by atoms with E-state index in [4.69, 9.17) is 4.52 Å². The van der Waals surface area contributed by atoms with Crippen molar-refractivity contribution < 1.29 is 4.52 Å². The van der Waals surface area contributed by atoms with Crippen LogP contribution in [-0.4, -0.2) is 50.1 Å². The molecule has 2 aromatic heterocycles. The molecule has 3 aliphatic rings. The first-order valence-corrected chi connectivity index (χ1v) is 8.34. The molecule has 2 aromatic rings. The molecular weight excluding hydrogens is 346 g/mol. The summed E-state index contributed by atoms with van der Waals surface area (Å²) in [6, 6.07) is 5.35. The van der Waals surface area contributed by atoms with Crippen molar-refractivity contribution in [3.63, 3.8) is 0 Å². The number of aromatic nitrogens is 3. The molecule has 3 aliphatic heterocycles. The van der Waals surface area contributed by atoms with E-state index >= 15 is 0 Å². The van der Waals surface area contributed by atoms with Crippen LogP contribution < -0.4 is 0 Å². The fourth-order valence-corrected chi connectivity index (χ4v) is 3.69. The number of halogens is 1. The molecule has 0 saturated carbocycles. The van der Waals surface area contributed by atoms with E-state index in [1.165, 1.54) is 6.42 Å². The summed E-state index contributed by atoms with van der Waals surface area (Å²) >= 11 is 3.43. The highest BCUT2D eigenvalue weighted by atomic mass is 79.9. The lowest BCUT2D eigenvalue weighted by Crippen LogP contribution is -2.67. The third-order valence-electron chi connectivity index (χ3n) is 4.49. The van der Waals surface area contributed by atoms with E-state index in [1.807, 2.05) is 13.1 Å². The fraction of sp³-hybridized carbons (Fsp3) is 0.533. The Morgan fingerprint density at radius 3 is 2.73 bits per heavy atom. The zero-order valence-corrected chi connectivity index (χ0v) is 14.0. The van der Waals surface area contributed by atoms with Crippen LogP contribution in [0.1, 0.15) is 23.8 Å². The van der Waals surface area contributed by atoms with Gasteiger partial charge >= 0.3 is 0 Å². The number of nitrogens with zero attached hydrogens (tertiary/aromatic N) is 5. The van der Waals surface area contributed by atoms with Gasteiger partial charge in [-0.05, 0) is 34.5 Å². The van der Waals surface area contributed by atoms with E-state index in [-0.39, 0.29) is 0 Å².